The van der Waals surface area contributed by atoms with E-state index in [1.807, 2.05) is 43.9 Å². The highest BCUT2D eigenvalue weighted by molar-refractivity contribution is 5.24. The van der Waals surface area contributed by atoms with E-state index in [-0.39, 0.29) is 11.6 Å². The molecule has 4 rings (SSSR count). The van der Waals surface area contributed by atoms with Crippen LogP contribution in [0.2, 0.25) is 0 Å². The average Bonchev–Trinajstić information content (AvgIpc) is 3.25. The van der Waals surface area contributed by atoms with Gasteiger partial charge >= 0.3 is 0 Å². The molecule has 0 unspecified atom stereocenters. The van der Waals surface area contributed by atoms with Gasteiger partial charge in [0.25, 0.3) is 5.56 Å². The second kappa shape index (κ2) is 7.71. The number of aromatic nitrogens is 6. The first-order chi connectivity index (χ1) is 13.5. The fraction of sp³-hybridized carbons (Fsp3) is 0.500. The summed E-state index contributed by atoms with van der Waals surface area (Å²) in [5.74, 6) is 1.73. The molecular formula is C20H27N7O. The van der Waals surface area contributed by atoms with E-state index in [2.05, 4.69) is 20.5 Å². The molecule has 28 heavy (non-hydrogen) atoms. The van der Waals surface area contributed by atoms with Crippen LogP contribution in [0.4, 0.5) is 0 Å². The first-order valence-electron chi connectivity index (χ1n) is 9.84. The number of nitrogens with one attached hydrogen (secondary N) is 1. The van der Waals surface area contributed by atoms with Crippen LogP contribution in [0.1, 0.15) is 48.9 Å². The molecule has 0 aliphatic heterocycles. The van der Waals surface area contributed by atoms with Gasteiger partial charge in [-0.05, 0) is 51.7 Å². The summed E-state index contributed by atoms with van der Waals surface area (Å²) in [6, 6.07) is 5.94. The van der Waals surface area contributed by atoms with Gasteiger partial charge in [-0.15, -0.1) is 5.10 Å². The Hall–Kier alpha value is -2.74. The van der Waals surface area contributed by atoms with Crippen LogP contribution in [0.5, 0.6) is 0 Å². The molecular weight excluding hydrogens is 354 g/mol. The topological polar surface area (TPSA) is 82.6 Å². The third kappa shape index (κ3) is 3.77. The van der Waals surface area contributed by atoms with Gasteiger partial charge in [-0.25, -0.2) is 14.3 Å². The molecule has 148 valence electrons. The van der Waals surface area contributed by atoms with Crippen molar-refractivity contribution in [3.8, 4) is 5.82 Å². The predicted octanol–water partition coefficient (Wildman–Crippen LogP) is 2.05. The van der Waals surface area contributed by atoms with E-state index >= 15 is 0 Å². The molecule has 0 atom stereocenters. The van der Waals surface area contributed by atoms with Crippen molar-refractivity contribution in [1.29, 1.82) is 0 Å². The van der Waals surface area contributed by atoms with Crippen molar-refractivity contribution in [3.05, 3.63) is 58.2 Å². The van der Waals surface area contributed by atoms with Crippen molar-refractivity contribution in [2.45, 2.75) is 58.2 Å². The monoisotopic (exact) mass is 381 g/mol. The van der Waals surface area contributed by atoms with Crippen LogP contribution in [-0.4, -0.2) is 35.2 Å². The molecule has 8 nitrogen and oxygen atoms in total. The summed E-state index contributed by atoms with van der Waals surface area (Å²) in [4.78, 5) is 16.8. The lowest BCUT2D eigenvalue weighted by Crippen LogP contribution is -2.37. The average molecular weight is 381 g/mol. The zero-order chi connectivity index (χ0) is 19.7. The normalized spacial score (nSPS) is 19.8. The lowest BCUT2D eigenvalue weighted by Gasteiger charge is -2.29. The van der Waals surface area contributed by atoms with Crippen molar-refractivity contribution in [3.63, 3.8) is 0 Å². The van der Waals surface area contributed by atoms with Gasteiger partial charge in [0.15, 0.2) is 5.82 Å². The summed E-state index contributed by atoms with van der Waals surface area (Å²) in [6.07, 6.45) is 7.70. The van der Waals surface area contributed by atoms with Gasteiger partial charge in [-0.1, -0.05) is 0 Å². The lowest BCUT2D eigenvalue weighted by molar-refractivity contribution is 0.266. The summed E-state index contributed by atoms with van der Waals surface area (Å²) < 4.78 is 5.48. The van der Waals surface area contributed by atoms with E-state index in [0.29, 0.717) is 11.9 Å². The molecule has 3 heterocycles. The van der Waals surface area contributed by atoms with E-state index < -0.39 is 0 Å². The van der Waals surface area contributed by atoms with Gasteiger partial charge in [0.05, 0.1) is 18.3 Å². The minimum atomic E-state index is -0.0466. The Labute approximate surface area is 164 Å². The van der Waals surface area contributed by atoms with Gasteiger partial charge in [0, 0.05) is 37.2 Å². The van der Waals surface area contributed by atoms with Gasteiger partial charge in [-0.2, -0.15) is 5.10 Å². The van der Waals surface area contributed by atoms with E-state index in [9.17, 15) is 4.79 Å². The number of nitrogens with zero attached hydrogens (tertiary/aromatic N) is 6. The Bertz CT molecular complexity index is 1010. The third-order valence-electron chi connectivity index (χ3n) is 5.55. The first-order valence-corrected chi connectivity index (χ1v) is 9.84. The molecule has 1 aliphatic carbocycles. The van der Waals surface area contributed by atoms with Crippen LogP contribution in [-0.2, 0) is 13.6 Å². The molecule has 0 amide bonds. The molecule has 1 N–H and O–H groups in total. The molecule has 3 aromatic heterocycles. The predicted molar refractivity (Wildman–Crippen MR) is 106 cm³/mol. The van der Waals surface area contributed by atoms with Crippen LogP contribution >= 0.6 is 0 Å². The molecule has 0 bridgehead atoms. The molecule has 3 aromatic rings. The number of imidazole rings is 1. The van der Waals surface area contributed by atoms with Crippen molar-refractivity contribution in [1.82, 2.24) is 34.4 Å². The van der Waals surface area contributed by atoms with Crippen LogP contribution < -0.4 is 10.9 Å². The Kier molecular flexibility index (Phi) is 5.13. The largest absolute Gasteiger partial charge is 0.337 e. The number of rotatable bonds is 5. The fourth-order valence-corrected chi connectivity index (χ4v) is 3.98. The lowest BCUT2D eigenvalue weighted by atomic mass is 9.91. The van der Waals surface area contributed by atoms with Crippen LogP contribution in [0.3, 0.4) is 0 Å². The van der Waals surface area contributed by atoms with Gasteiger partial charge in [0.2, 0.25) is 0 Å². The molecule has 0 saturated heterocycles. The third-order valence-corrected chi connectivity index (χ3v) is 5.55. The van der Waals surface area contributed by atoms with Crippen molar-refractivity contribution >= 4 is 0 Å². The Morgan fingerprint density at radius 2 is 1.93 bits per heavy atom. The van der Waals surface area contributed by atoms with Crippen LogP contribution in [0.25, 0.3) is 5.82 Å². The zero-order valence-corrected chi connectivity index (χ0v) is 16.7. The first kappa shape index (κ1) is 18.6. The number of hydrogen-bond donors (Lipinski definition) is 1. The van der Waals surface area contributed by atoms with E-state index in [4.69, 9.17) is 0 Å². The van der Waals surface area contributed by atoms with Gasteiger partial charge in [-0.3, -0.25) is 4.79 Å². The Balaban J connectivity index is 1.43. The molecule has 1 fully saturated rings. The Morgan fingerprint density at radius 1 is 1.14 bits per heavy atom. The van der Waals surface area contributed by atoms with Gasteiger partial charge < -0.3 is 9.88 Å². The van der Waals surface area contributed by atoms with E-state index in [0.717, 1.165) is 49.4 Å². The molecule has 1 aliphatic rings. The van der Waals surface area contributed by atoms with Crippen LogP contribution in [0.15, 0.2) is 35.4 Å². The highest BCUT2D eigenvalue weighted by atomic mass is 16.1. The highest BCUT2D eigenvalue weighted by Gasteiger charge is 2.24. The summed E-state index contributed by atoms with van der Waals surface area (Å²) in [6.45, 7) is 4.72. The molecule has 0 radical (unpaired) electrons. The summed E-state index contributed by atoms with van der Waals surface area (Å²) in [5, 5.41) is 12.7. The second-order valence-corrected chi connectivity index (χ2v) is 7.65. The van der Waals surface area contributed by atoms with E-state index in [1.54, 1.807) is 21.5 Å². The zero-order valence-electron chi connectivity index (χ0n) is 16.7. The minimum absolute atomic E-state index is 0.0466. The molecule has 0 aromatic carbocycles. The highest BCUT2D eigenvalue weighted by Crippen LogP contribution is 2.27. The second-order valence-electron chi connectivity index (χ2n) is 7.65. The SMILES string of the molecule is Cc1cc(C)n(-c2ccc(=O)n(C3CCC(NCc4nccn4C)CC3)n2)n1. The number of aryl methyl sites for hydroxylation is 3. The molecule has 8 heteroatoms. The number of hydrogen-bond acceptors (Lipinski definition) is 5. The summed E-state index contributed by atoms with van der Waals surface area (Å²) in [5.41, 5.74) is 1.91. The standard InChI is InChI=1S/C20H27N7O/c1-14-12-15(2)26(23-14)18-8-9-20(28)27(24-18)17-6-4-16(5-7-17)22-13-19-21-10-11-25(19)3/h8-12,16-17,22H,4-7,13H2,1-3H3. The maximum Gasteiger partial charge on any atom is 0.267 e. The minimum Gasteiger partial charge on any atom is -0.337 e. The quantitative estimate of drug-likeness (QED) is 0.731. The van der Waals surface area contributed by atoms with E-state index in [1.165, 1.54) is 0 Å². The smallest absolute Gasteiger partial charge is 0.267 e. The molecule has 0 spiro atoms. The Morgan fingerprint density at radius 3 is 2.57 bits per heavy atom. The van der Waals surface area contributed by atoms with Crippen molar-refractivity contribution in [2.75, 3.05) is 0 Å². The summed E-state index contributed by atoms with van der Waals surface area (Å²) >= 11 is 0. The maximum absolute atomic E-state index is 12.4. The van der Waals surface area contributed by atoms with Crippen LogP contribution in [0, 0.1) is 13.8 Å². The maximum atomic E-state index is 12.4. The van der Waals surface area contributed by atoms with Gasteiger partial charge in [0.1, 0.15) is 5.82 Å². The van der Waals surface area contributed by atoms with Crippen molar-refractivity contribution in [2.24, 2.45) is 7.05 Å². The van der Waals surface area contributed by atoms with Crippen molar-refractivity contribution < 1.29 is 0 Å². The fourth-order valence-electron chi connectivity index (χ4n) is 3.98. The molecule has 1 saturated carbocycles. The summed E-state index contributed by atoms with van der Waals surface area (Å²) in [7, 11) is 2.01.